The minimum Gasteiger partial charge on any atom is -0.482 e. The van der Waals surface area contributed by atoms with E-state index in [1.807, 2.05) is 0 Å². The van der Waals surface area contributed by atoms with Crippen LogP contribution in [0.1, 0.15) is 16.2 Å². The van der Waals surface area contributed by atoms with Crippen molar-refractivity contribution in [3.63, 3.8) is 0 Å². The number of fused-ring (bicyclic) bond motifs is 2. The number of nitrogens with zero attached hydrogens (tertiary/aromatic N) is 3. The first-order valence-electron chi connectivity index (χ1n) is 7.16. The van der Waals surface area contributed by atoms with Crippen LogP contribution in [-0.4, -0.2) is 38.7 Å². The van der Waals surface area contributed by atoms with Crippen LogP contribution in [0.5, 0.6) is 5.75 Å². The van der Waals surface area contributed by atoms with Crippen molar-refractivity contribution in [1.29, 1.82) is 0 Å². The highest BCUT2D eigenvalue weighted by Crippen LogP contribution is 2.28. The summed E-state index contributed by atoms with van der Waals surface area (Å²) in [5.41, 5.74) is 0.503. The Morgan fingerprint density at radius 2 is 2.16 bits per heavy atom. The van der Waals surface area contributed by atoms with Gasteiger partial charge in [0.05, 0.1) is 5.69 Å². The van der Waals surface area contributed by atoms with Crippen LogP contribution in [0.25, 0.3) is 11.2 Å². The van der Waals surface area contributed by atoms with Gasteiger partial charge in [0.2, 0.25) is 17.0 Å². The van der Waals surface area contributed by atoms with Crippen LogP contribution < -0.4 is 20.9 Å². The summed E-state index contributed by atoms with van der Waals surface area (Å²) >= 11 is 0. The SMILES string of the molecule is O=C1COc2ccc(CNC(=O)c3nc4nonc4c(=O)[nH]3)cc2N1. The van der Waals surface area contributed by atoms with Gasteiger partial charge >= 0.3 is 0 Å². The highest BCUT2D eigenvalue weighted by Gasteiger charge is 2.17. The Kier molecular flexibility index (Phi) is 3.38. The Bertz CT molecular complexity index is 1060. The molecule has 1 aliphatic heterocycles. The van der Waals surface area contributed by atoms with Gasteiger partial charge in [0.25, 0.3) is 17.4 Å². The van der Waals surface area contributed by atoms with Crippen LogP contribution in [0.3, 0.4) is 0 Å². The molecule has 126 valence electrons. The number of benzene rings is 1. The van der Waals surface area contributed by atoms with Crippen molar-refractivity contribution in [2.75, 3.05) is 11.9 Å². The molecule has 0 radical (unpaired) electrons. The second-order valence-electron chi connectivity index (χ2n) is 5.20. The number of aromatic nitrogens is 4. The lowest BCUT2D eigenvalue weighted by molar-refractivity contribution is -0.118. The molecule has 0 bridgehead atoms. The molecular formula is C14H10N6O5. The second kappa shape index (κ2) is 5.70. The molecule has 1 aliphatic rings. The summed E-state index contributed by atoms with van der Waals surface area (Å²) in [4.78, 5) is 41.4. The third-order valence-electron chi connectivity index (χ3n) is 3.48. The summed E-state index contributed by atoms with van der Waals surface area (Å²) in [6.07, 6.45) is 0. The maximum atomic E-state index is 12.2. The first-order chi connectivity index (χ1) is 12.1. The predicted octanol–water partition coefficient (Wildman–Crippen LogP) is -0.433. The summed E-state index contributed by atoms with van der Waals surface area (Å²) in [6, 6.07) is 5.13. The molecule has 3 aromatic rings. The number of carbonyl (C=O) groups is 2. The van der Waals surface area contributed by atoms with E-state index in [0.717, 1.165) is 5.56 Å². The number of aromatic amines is 1. The number of ether oxygens (including phenoxy) is 1. The van der Waals surface area contributed by atoms with Gasteiger partial charge in [-0.25, -0.2) is 9.61 Å². The van der Waals surface area contributed by atoms with Crippen LogP contribution in [0, 0.1) is 0 Å². The third kappa shape index (κ3) is 2.78. The maximum Gasteiger partial charge on any atom is 0.287 e. The van der Waals surface area contributed by atoms with E-state index >= 15 is 0 Å². The van der Waals surface area contributed by atoms with E-state index in [1.165, 1.54) is 0 Å². The zero-order chi connectivity index (χ0) is 17.4. The number of hydrogen-bond acceptors (Lipinski definition) is 8. The highest BCUT2D eigenvalue weighted by atomic mass is 16.6. The Hall–Kier alpha value is -3.76. The lowest BCUT2D eigenvalue weighted by Crippen LogP contribution is -2.28. The highest BCUT2D eigenvalue weighted by molar-refractivity contribution is 5.95. The van der Waals surface area contributed by atoms with Crippen LogP contribution >= 0.6 is 0 Å². The number of hydrogen-bond donors (Lipinski definition) is 3. The Labute approximate surface area is 138 Å². The summed E-state index contributed by atoms with van der Waals surface area (Å²) in [6.45, 7) is 0.127. The molecule has 25 heavy (non-hydrogen) atoms. The monoisotopic (exact) mass is 342 g/mol. The van der Waals surface area contributed by atoms with Crippen molar-refractivity contribution < 1.29 is 19.0 Å². The van der Waals surface area contributed by atoms with E-state index < -0.39 is 11.5 Å². The number of rotatable bonds is 3. The van der Waals surface area contributed by atoms with Gasteiger partial charge in [-0.2, -0.15) is 0 Å². The number of anilines is 1. The number of amides is 2. The molecule has 2 amide bonds. The zero-order valence-electron chi connectivity index (χ0n) is 12.5. The van der Waals surface area contributed by atoms with Crippen LogP contribution in [0.2, 0.25) is 0 Å². The van der Waals surface area contributed by atoms with E-state index in [1.54, 1.807) is 18.2 Å². The molecule has 2 aromatic heterocycles. The quantitative estimate of drug-likeness (QED) is 0.579. The van der Waals surface area contributed by atoms with Gasteiger partial charge < -0.3 is 20.4 Å². The fraction of sp³-hybridized carbons (Fsp3) is 0.143. The van der Waals surface area contributed by atoms with Crippen molar-refractivity contribution in [2.45, 2.75) is 6.54 Å². The lowest BCUT2D eigenvalue weighted by Gasteiger charge is -2.18. The van der Waals surface area contributed by atoms with Crippen molar-refractivity contribution in [1.82, 2.24) is 25.6 Å². The zero-order valence-corrected chi connectivity index (χ0v) is 12.5. The molecule has 11 heteroatoms. The molecule has 0 saturated heterocycles. The molecule has 0 atom stereocenters. The smallest absolute Gasteiger partial charge is 0.287 e. The van der Waals surface area contributed by atoms with Gasteiger partial charge in [0, 0.05) is 6.54 Å². The average molecular weight is 342 g/mol. The topological polar surface area (TPSA) is 152 Å². The van der Waals surface area contributed by atoms with Crippen LogP contribution in [0.15, 0.2) is 27.6 Å². The van der Waals surface area contributed by atoms with Crippen molar-refractivity contribution in [2.24, 2.45) is 0 Å². The minimum absolute atomic E-state index is 0.0263. The Balaban J connectivity index is 1.50. The molecule has 0 unspecified atom stereocenters. The molecule has 0 saturated carbocycles. The fourth-order valence-corrected chi connectivity index (χ4v) is 2.31. The lowest BCUT2D eigenvalue weighted by atomic mass is 10.1. The molecular weight excluding hydrogens is 332 g/mol. The number of carbonyl (C=O) groups excluding carboxylic acids is 2. The van der Waals surface area contributed by atoms with Crippen LogP contribution in [-0.2, 0) is 11.3 Å². The first kappa shape index (κ1) is 14.8. The van der Waals surface area contributed by atoms with Gasteiger partial charge in [0.15, 0.2) is 6.61 Å². The van der Waals surface area contributed by atoms with Gasteiger partial charge in [-0.1, -0.05) is 6.07 Å². The molecule has 1 aromatic carbocycles. The molecule has 3 N–H and O–H groups in total. The first-order valence-corrected chi connectivity index (χ1v) is 7.16. The van der Waals surface area contributed by atoms with Gasteiger partial charge in [-0.15, -0.1) is 0 Å². The minimum atomic E-state index is -0.620. The van der Waals surface area contributed by atoms with Gasteiger partial charge in [0.1, 0.15) is 5.75 Å². The summed E-state index contributed by atoms with van der Waals surface area (Å²) in [5, 5.41) is 12.1. The summed E-state index contributed by atoms with van der Waals surface area (Å²) in [5.74, 6) is -0.488. The molecule has 0 aliphatic carbocycles. The molecule has 0 fully saturated rings. The van der Waals surface area contributed by atoms with E-state index in [0.29, 0.717) is 11.4 Å². The van der Waals surface area contributed by atoms with Gasteiger partial charge in [-0.05, 0) is 28.0 Å². The largest absolute Gasteiger partial charge is 0.482 e. The van der Waals surface area contributed by atoms with Crippen molar-refractivity contribution in [3.8, 4) is 5.75 Å². The second-order valence-corrected chi connectivity index (χ2v) is 5.20. The third-order valence-corrected chi connectivity index (χ3v) is 3.48. The molecule has 0 spiro atoms. The Morgan fingerprint density at radius 1 is 1.28 bits per heavy atom. The standard InChI is InChI=1S/C14H10N6O5/c21-9-5-24-8-2-1-6(3-7(8)16-9)4-15-14(23)12-17-11-10(13(22)18-12)19-25-20-11/h1-3H,4-5H2,(H,15,23)(H,16,21)(H,17,18,20,22). The normalized spacial score (nSPS) is 13.0. The van der Waals surface area contributed by atoms with Crippen molar-refractivity contribution in [3.05, 3.63) is 39.9 Å². The fourth-order valence-electron chi connectivity index (χ4n) is 2.31. The van der Waals surface area contributed by atoms with Gasteiger partial charge in [-0.3, -0.25) is 14.4 Å². The van der Waals surface area contributed by atoms with E-state index in [2.05, 4.69) is 35.5 Å². The molecule has 4 rings (SSSR count). The van der Waals surface area contributed by atoms with Crippen molar-refractivity contribution >= 4 is 28.7 Å². The number of nitrogens with one attached hydrogen (secondary N) is 3. The van der Waals surface area contributed by atoms with E-state index in [4.69, 9.17) is 4.74 Å². The van der Waals surface area contributed by atoms with E-state index in [9.17, 15) is 14.4 Å². The van der Waals surface area contributed by atoms with Crippen LogP contribution in [0.4, 0.5) is 5.69 Å². The summed E-state index contributed by atoms with van der Waals surface area (Å²) < 4.78 is 9.67. The molecule has 11 nitrogen and oxygen atoms in total. The average Bonchev–Trinajstić information content (AvgIpc) is 3.08. The van der Waals surface area contributed by atoms with E-state index in [-0.39, 0.29) is 36.0 Å². The predicted molar refractivity (Wildman–Crippen MR) is 82.0 cm³/mol. The summed E-state index contributed by atoms with van der Waals surface area (Å²) in [7, 11) is 0. The number of H-pyrrole nitrogens is 1. The Morgan fingerprint density at radius 3 is 3.04 bits per heavy atom. The molecule has 3 heterocycles. The maximum absolute atomic E-state index is 12.2.